The van der Waals surface area contributed by atoms with Crippen molar-refractivity contribution in [3.63, 3.8) is 0 Å². The summed E-state index contributed by atoms with van der Waals surface area (Å²) in [6.07, 6.45) is -5.44. The normalized spacial score (nSPS) is 14.2. The highest BCUT2D eigenvalue weighted by molar-refractivity contribution is 14.1. The van der Waals surface area contributed by atoms with Crippen molar-refractivity contribution in [3.05, 3.63) is 43.7 Å². The maximum absolute atomic E-state index is 13.8. The Balaban J connectivity index is 2.69. The predicted octanol–water partition coefficient (Wildman–Crippen LogP) is 0.920. The first-order chi connectivity index (χ1) is 29.2. The molecule has 0 spiro atoms. The molecule has 6 atom stereocenters. The van der Waals surface area contributed by atoms with E-state index in [1.165, 1.54) is 0 Å². The van der Waals surface area contributed by atoms with Crippen LogP contribution in [0.4, 0.5) is 11.4 Å². The van der Waals surface area contributed by atoms with Crippen LogP contribution in [0.1, 0.15) is 74.5 Å². The van der Waals surface area contributed by atoms with Gasteiger partial charge in [-0.25, -0.2) is 0 Å². The molecule has 0 saturated heterocycles. The zero-order valence-corrected chi connectivity index (χ0v) is 46.0. The van der Waals surface area contributed by atoms with Gasteiger partial charge in [0.25, 0.3) is 17.7 Å². The standard InChI is InChI=1S/C37H47I6N5O14/c1-3-16(2)4-5-20(57)23-27(38)24(35(60)44-6-17(54)11-49)30(41)33(29(23)40)47(14-52)9-21(58)22(59)10-48(15-53)34-31(42)25(36(61)45-7-18(55)12-50)28(39)26(32(34)43)37(62)46-8-19(56)13-51/h14-19,21-22,49-51,54-56,58-59H,3-13H2,1-2H3,(H,44,60)(H,45,61)(H,46,62). The number of rotatable bonds is 26. The van der Waals surface area contributed by atoms with Crippen LogP contribution in [0.2, 0.25) is 0 Å². The molecule has 2 aromatic rings. The molecule has 0 aliphatic heterocycles. The Morgan fingerprint density at radius 2 is 0.871 bits per heavy atom. The lowest BCUT2D eigenvalue weighted by Crippen LogP contribution is -2.46. The molecule has 0 fully saturated rings. The second kappa shape index (κ2) is 28.0. The molecule has 346 valence electrons. The fraction of sp³-hybridized carbons (Fsp3) is 0.514. The van der Waals surface area contributed by atoms with E-state index in [4.69, 9.17) is 0 Å². The van der Waals surface area contributed by atoms with Gasteiger partial charge in [-0.05, 0) is 148 Å². The Labute approximate surface area is 439 Å². The third-order valence-corrected chi connectivity index (χ3v) is 15.6. The Morgan fingerprint density at radius 1 is 0.565 bits per heavy atom. The molecule has 2 rings (SSSR count). The molecule has 0 radical (unpaired) electrons. The highest BCUT2D eigenvalue weighted by Crippen LogP contribution is 2.40. The van der Waals surface area contributed by atoms with Crippen LogP contribution >= 0.6 is 136 Å². The monoisotopic (exact) mass is 1550 g/mol. The van der Waals surface area contributed by atoms with Crippen LogP contribution in [-0.4, -0.2) is 160 Å². The first-order valence-electron chi connectivity index (χ1n) is 18.6. The van der Waals surface area contributed by atoms with Gasteiger partial charge in [-0.3, -0.25) is 28.8 Å². The van der Waals surface area contributed by atoms with Gasteiger partial charge in [-0.1, -0.05) is 20.3 Å². The number of anilines is 2. The van der Waals surface area contributed by atoms with Crippen LogP contribution in [0.5, 0.6) is 0 Å². The van der Waals surface area contributed by atoms with Gasteiger partial charge in [0.2, 0.25) is 12.8 Å². The van der Waals surface area contributed by atoms with Gasteiger partial charge in [-0.2, -0.15) is 0 Å². The van der Waals surface area contributed by atoms with Crippen molar-refractivity contribution >= 4 is 183 Å². The van der Waals surface area contributed by atoms with Crippen molar-refractivity contribution in [1.82, 2.24) is 16.0 Å². The van der Waals surface area contributed by atoms with E-state index in [0.29, 0.717) is 12.8 Å². The molecule has 0 heterocycles. The number of nitrogens with zero attached hydrogens (tertiary/aromatic N) is 2. The van der Waals surface area contributed by atoms with Crippen LogP contribution in [-0.2, 0) is 9.59 Å². The van der Waals surface area contributed by atoms with Gasteiger partial charge in [0.1, 0.15) is 0 Å². The Bertz CT molecular complexity index is 1710. The number of aliphatic hydroxyl groups is 8. The molecule has 0 bridgehead atoms. The van der Waals surface area contributed by atoms with Crippen LogP contribution in [0.15, 0.2) is 0 Å². The Morgan fingerprint density at radius 3 is 1.16 bits per heavy atom. The van der Waals surface area contributed by atoms with Gasteiger partial charge in [0, 0.05) is 42.3 Å². The molecule has 25 heteroatoms. The third-order valence-electron chi connectivity index (χ3n) is 9.28. The van der Waals surface area contributed by atoms with E-state index >= 15 is 0 Å². The third kappa shape index (κ3) is 15.3. The minimum atomic E-state index is -1.82. The van der Waals surface area contributed by atoms with Crippen molar-refractivity contribution in [1.29, 1.82) is 0 Å². The van der Waals surface area contributed by atoms with Gasteiger partial charge in [-0.15, -0.1) is 0 Å². The summed E-state index contributed by atoms with van der Waals surface area (Å²) in [6, 6.07) is 0. The van der Waals surface area contributed by atoms with Gasteiger partial charge < -0.3 is 66.6 Å². The summed E-state index contributed by atoms with van der Waals surface area (Å²) in [5.41, 5.74) is -0.109. The molecule has 0 aromatic heterocycles. The SMILES string of the molecule is CCC(C)CCC(=O)c1c(I)c(C(=O)NCC(O)CO)c(I)c(N(C=O)CC(O)C(O)CN(C=O)c2c(I)c(C(=O)NCC(O)CO)c(I)c(C(=O)NCC(O)CO)c2I)c1I. The lowest BCUT2D eigenvalue weighted by atomic mass is 9.96. The topological polar surface area (TPSA) is 307 Å². The number of amides is 5. The van der Waals surface area contributed by atoms with Crippen molar-refractivity contribution in [2.45, 2.75) is 63.6 Å². The number of aliphatic hydroxyl groups excluding tert-OH is 8. The van der Waals surface area contributed by atoms with Crippen molar-refractivity contribution < 1.29 is 69.6 Å². The fourth-order valence-electron chi connectivity index (χ4n) is 5.47. The summed E-state index contributed by atoms with van der Waals surface area (Å²) in [5, 5.41) is 87.8. The maximum Gasteiger partial charge on any atom is 0.253 e. The molecular weight excluding hydrogens is 1500 g/mol. The molecule has 62 heavy (non-hydrogen) atoms. The first-order valence-corrected chi connectivity index (χ1v) is 25.1. The minimum Gasteiger partial charge on any atom is -0.394 e. The van der Waals surface area contributed by atoms with Crippen molar-refractivity contribution in [2.75, 3.05) is 62.3 Å². The molecule has 0 aliphatic rings. The summed E-state index contributed by atoms with van der Waals surface area (Å²) < 4.78 is 1.04. The lowest BCUT2D eigenvalue weighted by molar-refractivity contribution is -0.109. The zero-order chi connectivity index (χ0) is 47.2. The summed E-state index contributed by atoms with van der Waals surface area (Å²) >= 11 is 10.8. The number of carbonyl (C=O) groups is 6. The number of halogens is 6. The minimum absolute atomic E-state index is 0.00746. The van der Waals surface area contributed by atoms with E-state index in [1.807, 2.05) is 81.6 Å². The number of ketones is 1. The van der Waals surface area contributed by atoms with E-state index in [1.54, 1.807) is 67.8 Å². The first kappa shape index (κ1) is 57.6. The zero-order valence-electron chi connectivity index (χ0n) is 33.1. The van der Waals surface area contributed by atoms with E-state index in [-0.39, 0.29) is 99.2 Å². The largest absolute Gasteiger partial charge is 0.394 e. The summed E-state index contributed by atoms with van der Waals surface area (Å²) in [4.78, 5) is 82.1. The molecule has 0 aliphatic carbocycles. The molecule has 11 N–H and O–H groups in total. The van der Waals surface area contributed by atoms with Crippen LogP contribution in [0.25, 0.3) is 0 Å². The molecular formula is C37H47I6N5O14. The van der Waals surface area contributed by atoms with E-state index in [0.717, 1.165) is 16.2 Å². The smallest absolute Gasteiger partial charge is 0.253 e. The molecule has 5 amide bonds. The summed E-state index contributed by atoms with van der Waals surface area (Å²) in [7, 11) is 0. The number of Topliss-reactive ketones (excluding diaryl/α,β-unsaturated/α-hetero) is 1. The van der Waals surface area contributed by atoms with E-state index in [2.05, 4.69) is 16.0 Å². The average Bonchev–Trinajstić information content (AvgIpc) is 3.24. The lowest BCUT2D eigenvalue weighted by Gasteiger charge is -2.31. The fourth-order valence-corrected chi connectivity index (χ4v) is 15.1. The van der Waals surface area contributed by atoms with E-state index in [9.17, 15) is 69.6 Å². The molecule has 2 aromatic carbocycles. The van der Waals surface area contributed by atoms with E-state index < -0.39 is 81.2 Å². The second-order valence-electron chi connectivity index (χ2n) is 13.8. The molecule has 0 saturated carbocycles. The van der Waals surface area contributed by atoms with Crippen LogP contribution in [0.3, 0.4) is 0 Å². The molecule has 19 nitrogen and oxygen atoms in total. The number of hydrogen-bond acceptors (Lipinski definition) is 14. The van der Waals surface area contributed by atoms with Crippen LogP contribution < -0.4 is 25.8 Å². The second-order valence-corrected chi connectivity index (χ2v) is 20.3. The molecule has 6 unspecified atom stereocenters. The maximum atomic E-state index is 13.8. The number of benzene rings is 2. The summed E-state index contributed by atoms with van der Waals surface area (Å²) in [6.45, 7) is -0.367. The highest BCUT2D eigenvalue weighted by atomic mass is 127. The Kier molecular flexibility index (Phi) is 26.0. The Hall–Kier alpha value is -0.480. The number of nitrogens with one attached hydrogen (secondary N) is 3. The number of carbonyl (C=O) groups excluding carboxylic acids is 6. The quantitative estimate of drug-likeness (QED) is 0.0355. The van der Waals surface area contributed by atoms with Gasteiger partial charge >= 0.3 is 0 Å². The highest BCUT2D eigenvalue weighted by Gasteiger charge is 2.34. The van der Waals surface area contributed by atoms with Crippen LogP contribution in [0, 0.1) is 27.3 Å². The van der Waals surface area contributed by atoms with Crippen molar-refractivity contribution in [2.24, 2.45) is 5.92 Å². The predicted molar refractivity (Wildman–Crippen MR) is 277 cm³/mol. The number of hydrogen-bond donors (Lipinski definition) is 11. The summed E-state index contributed by atoms with van der Waals surface area (Å²) in [5.74, 6) is -2.43. The average molecular weight is 1550 g/mol. The van der Waals surface area contributed by atoms with Gasteiger partial charge in [0.05, 0.1) is 102 Å². The van der Waals surface area contributed by atoms with Crippen molar-refractivity contribution in [3.8, 4) is 0 Å². The van der Waals surface area contributed by atoms with Gasteiger partial charge in [0.15, 0.2) is 5.78 Å².